The molecule has 0 heterocycles. The normalized spacial score (nSPS) is 8.75. The maximum Gasteiger partial charge on any atom is 1.00 e. The number of anilines is 1. The molecule has 20 heavy (non-hydrogen) atoms. The largest absolute Gasteiger partial charge is 1.00 e. The summed E-state index contributed by atoms with van der Waals surface area (Å²) in [5.41, 5.74) is 4.75. The van der Waals surface area contributed by atoms with Crippen LogP contribution in [0.2, 0.25) is 0 Å². The van der Waals surface area contributed by atoms with Gasteiger partial charge in [-0.05, 0) is 18.6 Å². The number of benzene rings is 1. The SMILES string of the molecule is Cc1ccccc1NN.O=S(=O)([O-])[O-].O=S(O)O.[Na+].[Na+]. The molecule has 0 unspecified atom stereocenters. The van der Waals surface area contributed by atoms with E-state index >= 15 is 0 Å². The summed E-state index contributed by atoms with van der Waals surface area (Å²) in [6, 6.07) is 7.88. The van der Waals surface area contributed by atoms with Crippen LogP contribution in [0.5, 0.6) is 0 Å². The van der Waals surface area contributed by atoms with Crippen LogP contribution >= 0.6 is 0 Å². The van der Waals surface area contributed by atoms with Crippen molar-refractivity contribution in [2.45, 2.75) is 6.92 Å². The molecule has 1 aromatic rings. The zero-order chi connectivity index (χ0) is 14.8. The second-order valence-electron chi connectivity index (χ2n) is 2.60. The first kappa shape index (κ1) is 29.0. The molecule has 0 amide bonds. The molecule has 0 saturated heterocycles. The molecule has 0 aliphatic rings. The van der Waals surface area contributed by atoms with Gasteiger partial charge < -0.3 is 14.5 Å². The summed E-state index contributed by atoms with van der Waals surface area (Å²) < 4.78 is 56.9. The molecule has 106 valence electrons. The first-order valence-corrected chi connectivity index (χ1v) is 6.46. The van der Waals surface area contributed by atoms with Gasteiger partial charge in [0.25, 0.3) is 11.4 Å². The Balaban J connectivity index is -0.000000102. The van der Waals surface area contributed by atoms with Gasteiger partial charge in [-0.1, -0.05) is 18.2 Å². The van der Waals surface area contributed by atoms with E-state index in [0.29, 0.717) is 0 Å². The fourth-order valence-electron chi connectivity index (χ4n) is 0.735. The van der Waals surface area contributed by atoms with Crippen molar-refractivity contribution in [1.29, 1.82) is 0 Å². The first-order chi connectivity index (χ1) is 8.07. The second kappa shape index (κ2) is 16.3. The second-order valence-corrected chi connectivity index (χ2v) is 3.88. The third kappa shape index (κ3) is 31.4. The summed E-state index contributed by atoms with van der Waals surface area (Å²) in [5.74, 6) is 5.20. The first-order valence-electron chi connectivity index (χ1n) is 4.06. The molecule has 0 saturated carbocycles. The molecule has 0 aliphatic carbocycles. The fraction of sp³-hybridized carbons (Fsp3) is 0.143. The summed E-state index contributed by atoms with van der Waals surface area (Å²) in [7, 11) is -5.17. The van der Waals surface area contributed by atoms with E-state index in [-0.39, 0.29) is 59.1 Å². The predicted molar refractivity (Wildman–Crippen MR) is 62.9 cm³/mol. The monoisotopic (exact) mass is 346 g/mol. The summed E-state index contributed by atoms with van der Waals surface area (Å²) >= 11 is -2.61. The van der Waals surface area contributed by atoms with Gasteiger partial charge >= 0.3 is 59.1 Å². The van der Waals surface area contributed by atoms with Crippen LogP contribution in [0, 0.1) is 6.92 Å². The van der Waals surface area contributed by atoms with Crippen molar-refractivity contribution >= 4 is 27.4 Å². The van der Waals surface area contributed by atoms with E-state index in [1.807, 2.05) is 31.2 Å². The van der Waals surface area contributed by atoms with Gasteiger partial charge in [0, 0.05) is 10.4 Å². The average Bonchev–Trinajstić information content (AvgIpc) is 2.15. The molecular weight excluding hydrogens is 334 g/mol. The van der Waals surface area contributed by atoms with Crippen molar-refractivity contribution in [2.75, 3.05) is 5.43 Å². The molecule has 9 nitrogen and oxygen atoms in total. The Hall–Kier alpha value is 0.920. The molecular formula is C7H12N2Na2O7S2. The van der Waals surface area contributed by atoms with E-state index in [2.05, 4.69) is 5.43 Å². The molecule has 0 radical (unpaired) electrons. The minimum absolute atomic E-state index is 0. The summed E-state index contributed by atoms with van der Waals surface area (Å²) in [5, 5.41) is 0. The van der Waals surface area contributed by atoms with Crippen LogP contribution in [0.3, 0.4) is 0 Å². The Kier molecular flexibility index (Phi) is 23.6. The summed E-state index contributed by atoms with van der Waals surface area (Å²) in [6.45, 7) is 2.01. The Morgan fingerprint density at radius 2 is 1.50 bits per heavy atom. The molecule has 5 N–H and O–H groups in total. The van der Waals surface area contributed by atoms with Gasteiger partial charge in [0.15, 0.2) is 0 Å². The zero-order valence-electron chi connectivity index (χ0n) is 11.1. The predicted octanol–water partition coefficient (Wildman–Crippen LogP) is -6.37. The number of para-hydroxylation sites is 1. The van der Waals surface area contributed by atoms with Crippen molar-refractivity contribution in [2.24, 2.45) is 5.84 Å². The van der Waals surface area contributed by atoms with E-state index in [4.69, 9.17) is 36.7 Å². The Bertz CT molecular complexity index is 460. The third-order valence-electron chi connectivity index (χ3n) is 1.30. The number of hydrazine groups is 1. The Morgan fingerprint density at radius 3 is 1.70 bits per heavy atom. The fourth-order valence-corrected chi connectivity index (χ4v) is 0.735. The Labute approximate surface area is 164 Å². The minimum atomic E-state index is -5.17. The van der Waals surface area contributed by atoms with Crippen LogP contribution < -0.4 is 70.4 Å². The molecule has 0 fully saturated rings. The number of hydrogen-bond donors (Lipinski definition) is 4. The summed E-state index contributed by atoms with van der Waals surface area (Å²) in [4.78, 5) is 0. The van der Waals surface area contributed by atoms with Crippen molar-refractivity contribution in [3.63, 3.8) is 0 Å². The molecule has 0 aromatic heterocycles. The van der Waals surface area contributed by atoms with E-state index in [1.165, 1.54) is 5.56 Å². The number of nitrogen functional groups attached to an aromatic ring is 1. The van der Waals surface area contributed by atoms with Gasteiger partial charge in [-0.25, -0.2) is 0 Å². The molecule has 0 bridgehead atoms. The molecule has 1 rings (SSSR count). The van der Waals surface area contributed by atoms with Gasteiger partial charge in [0.05, 0.1) is 5.69 Å². The van der Waals surface area contributed by atoms with Crippen LogP contribution in [0.15, 0.2) is 24.3 Å². The van der Waals surface area contributed by atoms with E-state index in [1.54, 1.807) is 0 Å². The van der Waals surface area contributed by atoms with Gasteiger partial charge in [-0.2, -0.15) is 4.21 Å². The maximum atomic E-state index is 8.67. The van der Waals surface area contributed by atoms with Crippen LogP contribution in [0.4, 0.5) is 5.69 Å². The topological polar surface area (TPSA) is 176 Å². The quantitative estimate of drug-likeness (QED) is 0.0961. The van der Waals surface area contributed by atoms with Gasteiger partial charge in [-0.15, -0.1) is 0 Å². The maximum absolute atomic E-state index is 8.67. The Morgan fingerprint density at radius 1 is 1.20 bits per heavy atom. The minimum Gasteiger partial charge on any atom is -0.759 e. The molecule has 13 heteroatoms. The number of nitrogens with one attached hydrogen (secondary N) is 1. The van der Waals surface area contributed by atoms with Crippen LogP contribution in [0.1, 0.15) is 5.56 Å². The summed E-state index contributed by atoms with van der Waals surface area (Å²) in [6.07, 6.45) is 0. The van der Waals surface area contributed by atoms with E-state index < -0.39 is 21.8 Å². The van der Waals surface area contributed by atoms with Crippen LogP contribution in [-0.2, 0) is 21.8 Å². The van der Waals surface area contributed by atoms with E-state index in [9.17, 15) is 0 Å². The van der Waals surface area contributed by atoms with Crippen molar-refractivity contribution in [1.82, 2.24) is 0 Å². The van der Waals surface area contributed by atoms with Crippen LogP contribution in [-0.4, -0.2) is 30.8 Å². The van der Waals surface area contributed by atoms with Crippen molar-refractivity contribution in [3.05, 3.63) is 29.8 Å². The number of nitrogens with two attached hydrogens (primary N) is 1. The van der Waals surface area contributed by atoms with E-state index in [0.717, 1.165) is 5.69 Å². The standard InChI is InChI=1S/C7H10N2.2Na.H2O4S.H2O3S/c1-6-4-2-3-5-7(6)9-8;;;1-5(2,3)4;1-4(2)3/h2-5,9H,8H2,1H3;;;(H2,1,2,3,4);(H2,1,2,3)/q;2*+1;;/p-2. The smallest absolute Gasteiger partial charge is 0.759 e. The molecule has 1 aromatic carbocycles. The molecule has 0 atom stereocenters. The van der Waals surface area contributed by atoms with Crippen molar-refractivity contribution < 1.29 is 90.0 Å². The number of hydrogen-bond acceptors (Lipinski definition) is 7. The van der Waals surface area contributed by atoms with Gasteiger partial charge in [0.1, 0.15) is 0 Å². The third-order valence-corrected chi connectivity index (χ3v) is 1.30. The molecule has 0 aliphatic heterocycles. The number of rotatable bonds is 1. The molecule has 0 spiro atoms. The van der Waals surface area contributed by atoms with Gasteiger partial charge in [0.2, 0.25) is 0 Å². The van der Waals surface area contributed by atoms with Crippen LogP contribution in [0.25, 0.3) is 0 Å². The average molecular weight is 346 g/mol. The van der Waals surface area contributed by atoms with Crippen molar-refractivity contribution in [3.8, 4) is 0 Å². The van der Waals surface area contributed by atoms with Gasteiger partial charge in [-0.3, -0.25) is 23.4 Å². The number of aryl methyl sites for hydroxylation is 1. The zero-order valence-corrected chi connectivity index (χ0v) is 16.8.